The average molecular weight is 411 g/mol. The number of carbonyl (C=O) groups excluding carboxylic acids is 1. The van der Waals surface area contributed by atoms with E-state index in [1.807, 2.05) is 53.4 Å². The summed E-state index contributed by atoms with van der Waals surface area (Å²) in [6, 6.07) is 17.0. The van der Waals surface area contributed by atoms with Crippen molar-refractivity contribution >= 4 is 17.5 Å². The van der Waals surface area contributed by atoms with Gasteiger partial charge in [-0.1, -0.05) is 48.0 Å². The van der Waals surface area contributed by atoms with E-state index in [1.54, 1.807) is 17.7 Å². The highest BCUT2D eigenvalue weighted by atomic mass is 35.5. The van der Waals surface area contributed by atoms with Gasteiger partial charge in [-0.3, -0.25) is 4.79 Å². The molecule has 6 nitrogen and oxygen atoms in total. The first-order valence-electron chi connectivity index (χ1n) is 9.77. The molecule has 1 aliphatic heterocycles. The van der Waals surface area contributed by atoms with Crippen molar-refractivity contribution in [2.24, 2.45) is 7.05 Å². The summed E-state index contributed by atoms with van der Waals surface area (Å²) in [7, 11) is 1.67. The van der Waals surface area contributed by atoms with Crippen molar-refractivity contribution in [3.63, 3.8) is 0 Å². The molecule has 150 valence electrons. The molecule has 4 rings (SSSR count). The van der Waals surface area contributed by atoms with Crippen molar-refractivity contribution in [1.82, 2.24) is 19.2 Å². The van der Waals surface area contributed by atoms with Crippen LogP contribution in [0.2, 0.25) is 5.02 Å². The van der Waals surface area contributed by atoms with Crippen molar-refractivity contribution < 1.29 is 4.79 Å². The van der Waals surface area contributed by atoms with E-state index >= 15 is 0 Å². The fourth-order valence-corrected chi connectivity index (χ4v) is 4.07. The Morgan fingerprint density at radius 1 is 1.07 bits per heavy atom. The van der Waals surface area contributed by atoms with E-state index in [1.165, 1.54) is 4.68 Å². The van der Waals surface area contributed by atoms with Crippen LogP contribution in [0.4, 0.5) is 0 Å². The van der Waals surface area contributed by atoms with Crippen molar-refractivity contribution in [1.29, 1.82) is 0 Å². The number of rotatable bonds is 4. The molecule has 2 aromatic carbocycles. The lowest BCUT2D eigenvalue weighted by Gasteiger charge is -2.31. The number of benzene rings is 2. The van der Waals surface area contributed by atoms with Crippen molar-refractivity contribution in [2.45, 2.75) is 25.2 Å². The number of halogens is 1. The third-order valence-electron chi connectivity index (χ3n) is 5.48. The fourth-order valence-electron chi connectivity index (χ4n) is 3.87. The molecule has 7 heteroatoms. The normalized spacial score (nSPS) is 14.9. The number of aromatic nitrogens is 3. The highest BCUT2D eigenvalue weighted by Crippen LogP contribution is 2.28. The van der Waals surface area contributed by atoms with Crippen LogP contribution in [-0.2, 0) is 18.3 Å². The highest BCUT2D eigenvalue weighted by Gasteiger charge is 2.28. The van der Waals surface area contributed by atoms with Gasteiger partial charge in [-0.05, 0) is 36.6 Å². The van der Waals surface area contributed by atoms with Gasteiger partial charge >= 0.3 is 5.69 Å². The van der Waals surface area contributed by atoms with Crippen LogP contribution in [-0.4, -0.2) is 38.2 Å². The van der Waals surface area contributed by atoms with E-state index in [4.69, 9.17) is 11.6 Å². The maximum absolute atomic E-state index is 12.7. The van der Waals surface area contributed by atoms with E-state index in [0.29, 0.717) is 24.5 Å². The molecule has 0 atom stereocenters. The molecule has 2 heterocycles. The average Bonchev–Trinajstić information content (AvgIpc) is 3.05. The first-order chi connectivity index (χ1) is 14.0. The highest BCUT2D eigenvalue weighted by molar-refractivity contribution is 6.31. The summed E-state index contributed by atoms with van der Waals surface area (Å²) in [6.45, 7) is 1.29. The Morgan fingerprint density at radius 3 is 2.41 bits per heavy atom. The molecule has 3 aromatic rings. The largest absolute Gasteiger partial charge is 0.350 e. The Balaban J connectivity index is 1.48. The van der Waals surface area contributed by atoms with Gasteiger partial charge in [0.15, 0.2) is 0 Å². The minimum absolute atomic E-state index is 0.0815. The zero-order chi connectivity index (χ0) is 20.4. The van der Waals surface area contributed by atoms with Gasteiger partial charge in [0.05, 0.1) is 12.1 Å². The van der Waals surface area contributed by atoms with Gasteiger partial charge in [0.1, 0.15) is 5.82 Å². The molecule has 0 bridgehead atoms. The SMILES string of the molecule is Cn1nc(C2CCN(C(=O)Cc3ccccc3Cl)CC2)n(-c2ccccc2)c1=O. The van der Waals surface area contributed by atoms with E-state index in [-0.39, 0.29) is 17.5 Å². The molecule has 0 radical (unpaired) electrons. The Morgan fingerprint density at radius 2 is 1.72 bits per heavy atom. The molecule has 0 N–H and O–H groups in total. The molecule has 0 aliphatic carbocycles. The number of hydrogen-bond donors (Lipinski definition) is 0. The van der Waals surface area contributed by atoms with E-state index in [2.05, 4.69) is 5.10 Å². The Bertz CT molecular complexity index is 1070. The lowest BCUT2D eigenvalue weighted by molar-refractivity contribution is -0.131. The molecule has 1 aliphatic rings. The van der Waals surface area contributed by atoms with Gasteiger partial charge < -0.3 is 4.90 Å². The second kappa shape index (κ2) is 8.25. The molecule has 1 fully saturated rings. The van der Waals surface area contributed by atoms with Crippen LogP contribution in [0.3, 0.4) is 0 Å². The van der Waals surface area contributed by atoms with Gasteiger partial charge in [-0.15, -0.1) is 0 Å². The van der Waals surface area contributed by atoms with E-state index in [0.717, 1.165) is 29.9 Å². The van der Waals surface area contributed by atoms with Crippen LogP contribution < -0.4 is 5.69 Å². The zero-order valence-electron chi connectivity index (χ0n) is 16.3. The number of aryl methyl sites for hydroxylation is 1. The predicted molar refractivity (Wildman–Crippen MR) is 113 cm³/mol. The number of likely N-dealkylation sites (tertiary alicyclic amines) is 1. The Labute approximate surface area is 174 Å². The summed E-state index contributed by atoms with van der Waals surface area (Å²) in [4.78, 5) is 27.2. The Kier molecular flexibility index (Phi) is 5.53. The van der Waals surface area contributed by atoms with Crippen molar-refractivity contribution in [2.75, 3.05) is 13.1 Å². The van der Waals surface area contributed by atoms with Gasteiger partial charge in [-0.2, -0.15) is 5.10 Å². The van der Waals surface area contributed by atoms with Crippen LogP contribution in [0.1, 0.15) is 30.1 Å². The molecular weight excluding hydrogens is 388 g/mol. The van der Waals surface area contributed by atoms with Gasteiger partial charge in [-0.25, -0.2) is 14.0 Å². The quantitative estimate of drug-likeness (QED) is 0.663. The number of hydrogen-bond acceptors (Lipinski definition) is 3. The third-order valence-corrected chi connectivity index (χ3v) is 5.85. The standard InChI is InChI=1S/C22H23ClN4O2/c1-25-22(29)27(18-8-3-2-4-9-18)21(24-25)16-11-13-26(14-12-16)20(28)15-17-7-5-6-10-19(17)23/h2-10,16H,11-15H2,1H3. The maximum atomic E-state index is 12.7. The van der Waals surface area contributed by atoms with E-state index in [9.17, 15) is 9.59 Å². The number of carbonyl (C=O) groups is 1. The third kappa shape index (κ3) is 3.98. The fraction of sp³-hybridized carbons (Fsp3) is 0.318. The van der Waals surface area contributed by atoms with Crippen LogP contribution in [0.15, 0.2) is 59.4 Å². The van der Waals surface area contributed by atoms with Crippen LogP contribution in [0.5, 0.6) is 0 Å². The first kappa shape index (κ1) is 19.5. The van der Waals surface area contributed by atoms with Crippen molar-refractivity contribution in [3.8, 4) is 5.69 Å². The lowest BCUT2D eigenvalue weighted by atomic mass is 9.95. The molecule has 29 heavy (non-hydrogen) atoms. The molecule has 0 saturated carbocycles. The monoisotopic (exact) mass is 410 g/mol. The van der Waals surface area contributed by atoms with E-state index < -0.39 is 0 Å². The topological polar surface area (TPSA) is 60.1 Å². The molecule has 0 unspecified atom stereocenters. The molecule has 0 spiro atoms. The summed E-state index contributed by atoms with van der Waals surface area (Å²) in [6.07, 6.45) is 1.86. The Hall–Kier alpha value is -2.86. The van der Waals surface area contributed by atoms with Gasteiger partial charge in [0.25, 0.3) is 0 Å². The maximum Gasteiger partial charge on any atom is 0.350 e. The molecular formula is C22H23ClN4O2. The van der Waals surface area contributed by atoms with Crippen LogP contribution >= 0.6 is 11.6 Å². The molecule has 1 aromatic heterocycles. The minimum atomic E-state index is -0.150. The lowest BCUT2D eigenvalue weighted by Crippen LogP contribution is -2.39. The smallest absolute Gasteiger partial charge is 0.342 e. The second-order valence-electron chi connectivity index (χ2n) is 7.36. The summed E-state index contributed by atoms with van der Waals surface area (Å²) in [5.74, 6) is 0.980. The second-order valence-corrected chi connectivity index (χ2v) is 7.77. The van der Waals surface area contributed by atoms with Crippen molar-refractivity contribution in [3.05, 3.63) is 81.5 Å². The number of para-hydroxylation sites is 1. The number of amides is 1. The van der Waals surface area contributed by atoms with Gasteiger partial charge in [0, 0.05) is 31.1 Å². The predicted octanol–water partition coefficient (Wildman–Crippen LogP) is 3.17. The summed E-state index contributed by atoms with van der Waals surface area (Å²) < 4.78 is 3.07. The summed E-state index contributed by atoms with van der Waals surface area (Å²) in [5, 5.41) is 5.13. The molecule has 1 saturated heterocycles. The minimum Gasteiger partial charge on any atom is -0.342 e. The number of nitrogens with zero attached hydrogens (tertiary/aromatic N) is 4. The first-order valence-corrected chi connectivity index (χ1v) is 10.1. The summed E-state index contributed by atoms with van der Waals surface area (Å²) >= 11 is 6.19. The van der Waals surface area contributed by atoms with Crippen LogP contribution in [0.25, 0.3) is 5.69 Å². The molecule has 1 amide bonds. The summed E-state index contributed by atoms with van der Waals surface area (Å²) in [5.41, 5.74) is 1.52. The number of piperidine rings is 1. The van der Waals surface area contributed by atoms with Crippen LogP contribution in [0, 0.1) is 0 Å². The van der Waals surface area contributed by atoms with Gasteiger partial charge in [0.2, 0.25) is 5.91 Å². The zero-order valence-corrected chi connectivity index (χ0v) is 17.0.